The van der Waals surface area contributed by atoms with Gasteiger partial charge in [-0.1, -0.05) is 30.8 Å². The fourth-order valence-electron chi connectivity index (χ4n) is 3.18. The molecule has 6 nitrogen and oxygen atoms in total. The molecule has 0 aliphatic rings. The van der Waals surface area contributed by atoms with E-state index < -0.39 is 0 Å². The summed E-state index contributed by atoms with van der Waals surface area (Å²) >= 11 is 0. The minimum absolute atomic E-state index is 0.150. The average Bonchev–Trinajstić information content (AvgIpc) is 3.07. The topological polar surface area (TPSA) is 68.0 Å². The number of hydrazone groups is 1. The first kappa shape index (κ1) is 20.1. The number of aromatic nitrogens is 1. The Bertz CT molecular complexity index is 1100. The first-order valence-corrected chi connectivity index (χ1v) is 9.24. The van der Waals surface area contributed by atoms with Crippen LogP contribution >= 0.6 is 0 Å². The van der Waals surface area contributed by atoms with Crippen molar-refractivity contribution < 1.29 is 9.53 Å². The zero-order chi connectivity index (χ0) is 20.8. The minimum atomic E-state index is -0.150. The van der Waals surface area contributed by atoms with E-state index in [0.29, 0.717) is 24.4 Å². The summed E-state index contributed by atoms with van der Waals surface area (Å²) in [6, 6.07) is 13.6. The van der Waals surface area contributed by atoms with Gasteiger partial charge in [0.1, 0.15) is 5.76 Å². The number of benzene rings is 2. The van der Waals surface area contributed by atoms with Gasteiger partial charge in [-0.3, -0.25) is 9.79 Å². The van der Waals surface area contributed by atoms with Crippen molar-refractivity contribution in [1.29, 1.82) is 0 Å². The number of amides is 1. The van der Waals surface area contributed by atoms with E-state index in [1.807, 2.05) is 24.3 Å². The summed E-state index contributed by atoms with van der Waals surface area (Å²) in [6.07, 6.45) is 3.98. The first-order valence-electron chi connectivity index (χ1n) is 9.24. The molecule has 1 aromatic heterocycles. The lowest BCUT2D eigenvalue weighted by Gasteiger charge is -2.08. The van der Waals surface area contributed by atoms with E-state index >= 15 is 0 Å². The second-order valence-electron chi connectivity index (χ2n) is 6.63. The van der Waals surface area contributed by atoms with Crippen molar-refractivity contribution in [3.63, 3.8) is 0 Å². The molecule has 0 unspecified atom stereocenters. The summed E-state index contributed by atoms with van der Waals surface area (Å²) in [7, 11) is 1.55. The van der Waals surface area contributed by atoms with Crippen LogP contribution < -0.4 is 5.43 Å². The number of para-hydroxylation sites is 1. The fraction of sp³-hybridized carbons (Fsp3) is 0.174. The molecule has 0 bridgehead atoms. The number of aliphatic imine (C=N–C) groups is 1. The highest BCUT2D eigenvalue weighted by Crippen LogP contribution is 2.26. The average molecular weight is 388 g/mol. The van der Waals surface area contributed by atoms with Crippen molar-refractivity contribution in [3.8, 4) is 0 Å². The Balaban J connectivity index is 1.61. The number of aryl methyl sites for hydroxylation is 2. The van der Waals surface area contributed by atoms with Crippen LogP contribution in [0.1, 0.15) is 23.1 Å². The summed E-state index contributed by atoms with van der Waals surface area (Å²) in [6.45, 7) is 10.1. The van der Waals surface area contributed by atoms with Gasteiger partial charge in [-0.15, -0.1) is 0 Å². The number of hydrogen-bond acceptors (Lipinski definition) is 4. The quantitative estimate of drug-likeness (QED) is 0.352. The smallest absolute Gasteiger partial charge is 0.241 e. The summed E-state index contributed by atoms with van der Waals surface area (Å²) in [4.78, 5) is 16.1. The maximum absolute atomic E-state index is 12.2. The molecule has 0 atom stereocenters. The van der Waals surface area contributed by atoms with Crippen molar-refractivity contribution >= 4 is 41.2 Å². The predicted molar refractivity (Wildman–Crippen MR) is 119 cm³/mol. The first-order chi connectivity index (χ1) is 14.0. The summed E-state index contributed by atoms with van der Waals surface area (Å²) in [5.41, 5.74) is 7.09. The summed E-state index contributed by atoms with van der Waals surface area (Å²) < 4.78 is 7.28. The van der Waals surface area contributed by atoms with Gasteiger partial charge in [-0.25, -0.2) is 5.43 Å². The molecule has 2 aromatic carbocycles. The third-order valence-corrected chi connectivity index (χ3v) is 4.71. The van der Waals surface area contributed by atoms with E-state index in [4.69, 9.17) is 4.74 Å². The van der Waals surface area contributed by atoms with Crippen LogP contribution in [0.15, 0.2) is 65.3 Å². The normalized spacial score (nSPS) is 11.0. The number of rotatable bonds is 8. The van der Waals surface area contributed by atoms with Gasteiger partial charge >= 0.3 is 0 Å². The van der Waals surface area contributed by atoms with Gasteiger partial charge in [0.15, 0.2) is 0 Å². The second-order valence-corrected chi connectivity index (χ2v) is 6.63. The molecule has 1 heterocycles. The molecule has 148 valence electrons. The lowest BCUT2D eigenvalue weighted by molar-refractivity contribution is -0.121. The van der Waals surface area contributed by atoms with Crippen LogP contribution in [0.3, 0.4) is 0 Å². The van der Waals surface area contributed by atoms with Crippen LogP contribution in [0.25, 0.3) is 16.7 Å². The second kappa shape index (κ2) is 9.01. The van der Waals surface area contributed by atoms with Gasteiger partial charge in [0.05, 0.1) is 19.0 Å². The van der Waals surface area contributed by atoms with Crippen LogP contribution in [0.2, 0.25) is 0 Å². The number of fused-ring (bicyclic) bond motifs is 1. The van der Waals surface area contributed by atoms with E-state index in [-0.39, 0.29) is 5.91 Å². The Labute approximate surface area is 170 Å². The third-order valence-electron chi connectivity index (χ3n) is 4.71. The van der Waals surface area contributed by atoms with Gasteiger partial charge in [-0.2, -0.15) is 5.10 Å². The van der Waals surface area contributed by atoms with Gasteiger partial charge < -0.3 is 9.30 Å². The molecule has 3 aromatic rings. The van der Waals surface area contributed by atoms with E-state index in [1.165, 1.54) is 10.9 Å². The van der Waals surface area contributed by atoms with Crippen molar-refractivity contribution in [2.45, 2.75) is 19.9 Å². The van der Waals surface area contributed by atoms with E-state index in [9.17, 15) is 4.79 Å². The number of nitrogens with one attached hydrogen (secondary N) is 1. The number of carbonyl (C=O) groups excluding carboxylic acids is 1. The number of hydrogen-bond donors (Lipinski definition) is 1. The summed E-state index contributed by atoms with van der Waals surface area (Å²) in [5, 5.41) is 5.26. The van der Waals surface area contributed by atoms with Crippen LogP contribution in [0, 0.1) is 6.92 Å². The third kappa shape index (κ3) is 4.60. The van der Waals surface area contributed by atoms with E-state index in [0.717, 1.165) is 16.6 Å². The number of ether oxygens (including phenoxy) is 1. The van der Waals surface area contributed by atoms with Crippen LogP contribution in [-0.2, 0) is 16.1 Å². The van der Waals surface area contributed by atoms with Gasteiger partial charge in [0, 0.05) is 35.6 Å². The zero-order valence-corrected chi connectivity index (χ0v) is 16.7. The standard InChI is InChI=1S/C23H24N4O2/c1-16-15-27(22-8-6-5-7-19(16)22)12-11-23(28)26-25-14-18-9-10-21(24-3)20(13-18)17(2)29-4/h5-10,13-15H,2-3,11-12H2,1,4H3,(H,26,28)/b25-14+. The highest BCUT2D eigenvalue weighted by atomic mass is 16.5. The monoisotopic (exact) mass is 388 g/mol. The molecule has 29 heavy (non-hydrogen) atoms. The molecular weight excluding hydrogens is 364 g/mol. The van der Waals surface area contributed by atoms with Crippen LogP contribution in [0.5, 0.6) is 0 Å². The Morgan fingerprint density at radius 3 is 2.83 bits per heavy atom. The maximum Gasteiger partial charge on any atom is 0.241 e. The Morgan fingerprint density at radius 1 is 1.28 bits per heavy atom. The van der Waals surface area contributed by atoms with Crippen molar-refractivity contribution in [2.75, 3.05) is 7.11 Å². The van der Waals surface area contributed by atoms with Crippen molar-refractivity contribution in [1.82, 2.24) is 9.99 Å². The predicted octanol–water partition coefficient (Wildman–Crippen LogP) is 4.44. The lowest BCUT2D eigenvalue weighted by Crippen LogP contribution is -2.19. The Kier molecular flexibility index (Phi) is 6.24. The zero-order valence-electron chi connectivity index (χ0n) is 16.7. The number of nitrogens with zero attached hydrogens (tertiary/aromatic N) is 3. The van der Waals surface area contributed by atoms with Gasteiger partial charge in [0.2, 0.25) is 5.91 Å². The number of carbonyl (C=O) groups is 1. The maximum atomic E-state index is 12.2. The van der Waals surface area contributed by atoms with Crippen LogP contribution in [-0.4, -0.2) is 30.5 Å². The molecule has 0 aliphatic heterocycles. The molecule has 0 spiro atoms. The molecule has 0 saturated heterocycles. The van der Waals surface area contributed by atoms with Gasteiger partial charge in [0.25, 0.3) is 0 Å². The molecule has 0 saturated carbocycles. The van der Waals surface area contributed by atoms with Crippen molar-refractivity contribution in [3.05, 3.63) is 71.9 Å². The summed E-state index contributed by atoms with van der Waals surface area (Å²) in [5.74, 6) is 0.337. The van der Waals surface area contributed by atoms with Crippen LogP contribution in [0.4, 0.5) is 5.69 Å². The van der Waals surface area contributed by atoms with Gasteiger partial charge in [-0.05, 0) is 43.0 Å². The highest BCUT2D eigenvalue weighted by molar-refractivity contribution is 5.86. The molecule has 0 fully saturated rings. The minimum Gasteiger partial charge on any atom is -0.497 e. The largest absolute Gasteiger partial charge is 0.497 e. The van der Waals surface area contributed by atoms with Crippen molar-refractivity contribution in [2.24, 2.45) is 10.1 Å². The Hall–Kier alpha value is -3.67. The lowest BCUT2D eigenvalue weighted by atomic mass is 10.1. The molecule has 0 aliphatic carbocycles. The molecule has 0 radical (unpaired) electrons. The molecule has 3 rings (SSSR count). The highest BCUT2D eigenvalue weighted by Gasteiger charge is 2.08. The SMILES string of the molecule is C=Nc1ccc(/C=N/NC(=O)CCn2cc(C)c3ccccc32)cc1C(=C)OC. The van der Waals surface area contributed by atoms with E-state index in [2.05, 4.69) is 58.6 Å². The van der Waals surface area contributed by atoms with E-state index in [1.54, 1.807) is 19.4 Å². The molecule has 6 heteroatoms. The fourth-order valence-corrected chi connectivity index (χ4v) is 3.18. The molecule has 1 amide bonds. The Morgan fingerprint density at radius 2 is 2.07 bits per heavy atom. The molecule has 1 N–H and O–H groups in total. The number of methoxy groups -OCH3 is 1. The molecular formula is C23H24N4O2.